The lowest BCUT2D eigenvalue weighted by atomic mass is 10.3. The van der Waals surface area contributed by atoms with Gasteiger partial charge in [0.05, 0.1) is 13.7 Å². The fraction of sp³-hybridized carbons (Fsp3) is 0.333. The monoisotopic (exact) mass is 327 g/mol. The molecule has 0 atom stereocenters. The quantitative estimate of drug-likeness (QED) is 0.838. The molecule has 2 aromatic rings. The van der Waals surface area contributed by atoms with E-state index in [1.807, 2.05) is 0 Å². The Labute approximate surface area is 131 Å². The minimum absolute atomic E-state index is 0.0718. The summed E-state index contributed by atoms with van der Waals surface area (Å²) in [5.74, 6) is 0.223. The maximum Gasteiger partial charge on any atom is 0.423 e. The van der Waals surface area contributed by atoms with E-state index in [0.29, 0.717) is 11.4 Å². The molecule has 0 radical (unpaired) electrons. The highest BCUT2D eigenvalue weighted by Gasteiger charge is 2.36. The highest BCUT2D eigenvalue weighted by Crippen LogP contribution is 2.36. The molecule has 0 aliphatic heterocycles. The Morgan fingerprint density at radius 1 is 1.26 bits per heavy atom. The van der Waals surface area contributed by atoms with Crippen molar-refractivity contribution in [2.45, 2.75) is 13.1 Å². The number of anilines is 2. The van der Waals surface area contributed by atoms with E-state index < -0.39 is 17.6 Å². The first-order chi connectivity index (χ1) is 10.9. The van der Waals surface area contributed by atoms with Gasteiger partial charge in [-0.3, -0.25) is 0 Å². The Morgan fingerprint density at radius 2 is 2.00 bits per heavy atom. The van der Waals surface area contributed by atoms with Gasteiger partial charge < -0.3 is 14.4 Å². The van der Waals surface area contributed by atoms with Crippen LogP contribution in [-0.2, 0) is 6.18 Å². The van der Waals surface area contributed by atoms with Crippen LogP contribution in [-0.4, -0.2) is 30.7 Å². The Kier molecular flexibility index (Phi) is 4.92. The second-order valence-corrected chi connectivity index (χ2v) is 4.58. The zero-order chi connectivity index (χ0) is 17.0. The van der Waals surface area contributed by atoms with Crippen LogP contribution < -0.4 is 14.4 Å². The van der Waals surface area contributed by atoms with Crippen LogP contribution in [0.5, 0.6) is 11.6 Å². The zero-order valence-electron chi connectivity index (χ0n) is 12.9. The molecule has 0 saturated heterocycles. The number of halogens is 3. The van der Waals surface area contributed by atoms with E-state index in [9.17, 15) is 13.2 Å². The third kappa shape index (κ3) is 3.82. The summed E-state index contributed by atoms with van der Waals surface area (Å²) >= 11 is 0. The first-order valence-electron chi connectivity index (χ1n) is 6.81. The minimum Gasteiger partial charge on any atom is -0.497 e. The molecule has 0 N–H and O–H groups in total. The highest BCUT2D eigenvalue weighted by atomic mass is 19.4. The van der Waals surface area contributed by atoms with Gasteiger partial charge in [0.25, 0.3) is 0 Å². The molecular formula is C15H16F3N3O2. The first kappa shape index (κ1) is 16.9. The summed E-state index contributed by atoms with van der Waals surface area (Å²) in [6.07, 6.45) is -3.85. The molecule has 0 amide bonds. The summed E-state index contributed by atoms with van der Waals surface area (Å²) in [6.45, 7) is 1.66. The predicted molar refractivity (Wildman–Crippen MR) is 79.3 cm³/mol. The number of ether oxygens (including phenoxy) is 2. The molecular weight excluding hydrogens is 311 g/mol. The van der Waals surface area contributed by atoms with Crippen LogP contribution in [0.2, 0.25) is 0 Å². The molecule has 1 aromatic carbocycles. The Morgan fingerprint density at radius 3 is 2.61 bits per heavy atom. The van der Waals surface area contributed by atoms with Crippen LogP contribution in [0.1, 0.15) is 12.5 Å². The molecule has 5 nitrogen and oxygen atoms in total. The van der Waals surface area contributed by atoms with Gasteiger partial charge in [-0.15, -0.1) is 0 Å². The van der Waals surface area contributed by atoms with E-state index in [4.69, 9.17) is 9.47 Å². The summed E-state index contributed by atoms with van der Waals surface area (Å²) in [5.41, 5.74) is -0.325. The summed E-state index contributed by atoms with van der Waals surface area (Å²) in [4.78, 5) is 9.23. The van der Waals surface area contributed by atoms with Crippen LogP contribution in [0.15, 0.2) is 30.5 Å². The molecule has 1 heterocycles. The van der Waals surface area contributed by atoms with Gasteiger partial charge in [0, 0.05) is 25.0 Å². The van der Waals surface area contributed by atoms with Gasteiger partial charge in [-0.05, 0) is 19.1 Å². The topological polar surface area (TPSA) is 47.5 Å². The van der Waals surface area contributed by atoms with Crippen LogP contribution in [0.4, 0.5) is 24.8 Å². The third-order valence-electron chi connectivity index (χ3n) is 3.07. The largest absolute Gasteiger partial charge is 0.497 e. The van der Waals surface area contributed by atoms with Crippen molar-refractivity contribution >= 4 is 11.6 Å². The fourth-order valence-corrected chi connectivity index (χ4v) is 1.89. The van der Waals surface area contributed by atoms with Crippen LogP contribution >= 0.6 is 0 Å². The number of nitrogens with zero attached hydrogens (tertiary/aromatic N) is 3. The molecule has 0 fully saturated rings. The summed E-state index contributed by atoms with van der Waals surface area (Å²) < 4.78 is 48.9. The number of alkyl halides is 3. The molecule has 23 heavy (non-hydrogen) atoms. The number of hydrogen-bond donors (Lipinski definition) is 0. The van der Waals surface area contributed by atoms with Gasteiger partial charge in [0.1, 0.15) is 11.3 Å². The molecule has 2 rings (SSSR count). The maximum absolute atomic E-state index is 12.9. The third-order valence-corrected chi connectivity index (χ3v) is 3.07. The van der Waals surface area contributed by atoms with Gasteiger partial charge in [-0.25, -0.2) is 4.98 Å². The smallest absolute Gasteiger partial charge is 0.423 e. The molecule has 0 aliphatic carbocycles. The minimum atomic E-state index is -4.57. The van der Waals surface area contributed by atoms with E-state index >= 15 is 0 Å². The van der Waals surface area contributed by atoms with Crippen molar-refractivity contribution in [1.29, 1.82) is 0 Å². The predicted octanol–water partition coefficient (Wildman–Crippen LogP) is 3.67. The normalized spacial score (nSPS) is 11.2. The van der Waals surface area contributed by atoms with Crippen LogP contribution in [0, 0.1) is 0 Å². The summed E-state index contributed by atoms with van der Waals surface area (Å²) in [5, 5.41) is 0. The average molecular weight is 327 g/mol. The summed E-state index contributed by atoms with van der Waals surface area (Å²) in [7, 11) is 3.17. The number of aromatic nitrogens is 2. The molecule has 124 valence electrons. The zero-order valence-corrected chi connectivity index (χ0v) is 12.9. The molecule has 0 saturated carbocycles. The highest BCUT2D eigenvalue weighted by molar-refractivity contribution is 5.59. The van der Waals surface area contributed by atoms with Crippen molar-refractivity contribution in [2.75, 3.05) is 25.7 Å². The number of methoxy groups -OCH3 is 1. The molecule has 0 unspecified atom stereocenters. The van der Waals surface area contributed by atoms with Gasteiger partial charge in [0.2, 0.25) is 11.8 Å². The molecule has 1 aromatic heterocycles. The van der Waals surface area contributed by atoms with Crippen molar-refractivity contribution in [3.63, 3.8) is 0 Å². The van der Waals surface area contributed by atoms with Crippen LogP contribution in [0.3, 0.4) is 0 Å². The van der Waals surface area contributed by atoms with Crippen molar-refractivity contribution in [1.82, 2.24) is 9.97 Å². The molecule has 0 aliphatic rings. The molecule has 0 bridgehead atoms. The van der Waals surface area contributed by atoms with Crippen molar-refractivity contribution in [3.05, 3.63) is 36.0 Å². The SMILES string of the molecule is CCOc1nc(N(C)c2cccc(OC)c2)ncc1C(F)(F)F. The van der Waals surface area contributed by atoms with E-state index in [2.05, 4.69) is 9.97 Å². The molecule has 8 heteroatoms. The standard InChI is InChI=1S/C15H16F3N3O2/c1-4-23-13-12(15(16,17)18)9-19-14(20-13)21(2)10-6-5-7-11(8-10)22-3/h5-9H,4H2,1-3H3. The van der Waals surface area contributed by atoms with Crippen molar-refractivity contribution in [2.24, 2.45) is 0 Å². The van der Waals surface area contributed by atoms with Gasteiger partial charge in [-0.1, -0.05) is 6.07 Å². The van der Waals surface area contributed by atoms with E-state index in [1.165, 1.54) is 7.11 Å². The Hall–Kier alpha value is -2.51. The maximum atomic E-state index is 12.9. The van der Waals surface area contributed by atoms with Crippen LogP contribution in [0.25, 0.3) is 0 Å². The first-order valence-corrected chi connectivity index (χ1v) is 6.81. The number of rotatable bonds is 5. The van der Waals surface area contributed by atoms with Gasteiger partial charge in [0.15, 0.2) is 0 Å². The second kappa shape index (κ2) is 6.72. The lowest BCUT2D eigenvalue weighted by molar-refractivity contribution is -0.139. The lowest BCUT2D eigenvalue weighted by Gasteiger charge is -2.19. The van der Waals surface area contributed by atoms with Gasteiger partial charge >= 0.3 is 6.18 Å². The average Bonchev–Trinajstić information content (AvgIpc) is 2.53. The lowest BCUT2D eigenvalue weighted by Crippen LogP contribution is -2.17. The molecule has 0 spiro atoms. The van der Waals surface area contributed by atoms with E-state index in [0.717, 1.165) is 6.20 Å². The van der Waals surface area contributed by atoms with E-state index in [-0.39, 0.29) is 12.6 Å². The summed E-state index contributed by atoms with van der Waals surface area (Å²) in [6, 6.07) is 7.01. The number of benzene rings is 1. The number of hydrogen-bond acceptors (Lipinski definition) is 5. The Bertz CT molecular complexity index is 677. The van der Waals surface area contributed by atoms with Gasteiger partial charge in [-0.2, -0.15) is 18.2 Å². The fourth-order valence-electron chi connectivity index (χ4n) is 1.89. The Balaban J connectivity index is 2.40. The van der Waals surface area contributed by atoms with E-state index in [1.54, 1.807) is 43.1 Å². The van der Waals surface area contributed by atoms with Crippen molar-refractivity contribution in [3.8, 4) is 11.6 Å². The second-order valence-electron chi connectivity index (χ2n) is 4.58. The van der Waals surface area contributed by atoms with Crippen molar-refractivity contribution < 1.29 is 22.6 Å².